The third-order valence-corrected chi connectivity index (χ3v) is 3.41. The molecule has 2 aromatic rings. The van der Waals surface area contributed by atoms with Crippen molar-refractivity contribution in [2.45, 2.75) is 12.3 Å². The minimum absolute atomic E-state index is 0.694. The zero-order chi connectivity index (χ0) is 10.8. The van der Waals surface area contributed by atoms with Crippen LogP contribution >= 0.6 is 31.9 Å². The number of oxazole rings is 1. The number of alkyl halides is 1. The monoisotopic (exact) mass is 329 g/mol. The molecule has 0 saturated carbocycles. The minimum atomic E-state index is 0.694. The molecule has 15 heavy (non-hydrogen) atoms. The van der Waals surface area contributed by atoms with Gasteiger partial charge in [0.1, 0.15) is 0 Å². The Hall–Kier alpha value is -0.610. The van der Waals surface area contributed by atoms with Crippen molar-refractivity contribution < 1.29 is 4.42 Å². The maximum Gasteiger partial charge on any atom is 0.181 e. The number of aryl methyl sites for hydroxylation is 1. The molecule has 0 spiro atoms. The van der Waals surface area contributed by atoms with Crippen molar-refractivity contribution in [3.05, 3.63) is 40.3 Å². The molecule has 0 N–H and O–H groups in total. The molecule has 0 radical (unpaired) electrons. The van der Waals surface area contributed by atoms with Gasteiger partial charge in [0.15, 0.2) is 12.2 Å². The van der Waals surface area contributed by atoms with Gasteiger partial charge in [-0.3, -0.25) is 0 Å². The Balaban J connectivity index is 2.63. The molecule has 0 atom stereocenters. The second kappa shape index (κ2) is 4.49. The number of halogens is 2. The molecule has 0 fully saturated rings. The molecule has 0 aliphatic carbocycles. The zero-order valence-electron chi connectivity index (χ0n) is 8.13. The quantitative estimate of drug-likeness (QED) is 0.767. The third-order valence-electron chi connectivity index (χ3n) is 2.22. The molecule has 4 heteroatoms. The van der Waals surface area contributed by atoms with Gasteiger partial charge < -0.3 is 4.42 Å². The van der Waals surface area contributed by atoms with Gasteiger partial charge in [-0.1, -0.05) is 44.0 Å². The Morgan fingerprint density at radius 3 is 2.87 bits per heavy atom. The van der Waals surface area contributed by atoms with Crippen LogP contribution in [-0.2, 0) is 5.33 Å². The van der Waals surface area contributed by atoms with Crippen molar-refractivity contribution >= 4 is 31.9 Å². The minimum Gasteiger partial charge on any atom is -0.443 e. The van der Waals surface area contributed by atoms with Crippen LogP contribution in [0.4, 0.5) is 0 Å². The molecule has 0 aliphatic rings. The van der Waals surface area contributed by atoms with E-state index in [0.717, 1.165) is 21.5 Å². The van der Waals surface area contributed by atoms with E-state index in [1.807, 2.05) is 12.1 Å². The van der Waals surface area contributed by atoms with E-state index in [9.17, 15) is 0 Å². The Bertz CT molecular complexity index is 459. The lowest BCUT2D eigenvalue weighted by Crippen LogP contribution is -1.87. The summed E-state index contributed by atoms with van der Waals surface area (Å²) in [4.78, 5) is 4.16. The van der Waals surface area contributed by atoms with Crippen LogP contribution in [-0.4, -0.2) is 4.98 Å². The second-order valence-corrected chi connectivity index (χ2v) is 4.61. The van der Waals surface area contributed by atoms with Crippen LogP contribution in [0.5, 0.6) is 0 Å². The highest BCUT2D eigenvalue weighted by Gasteiger charge is 2.14. The molecule has 1 aromatic heterocycles. The summed E-state index contributed by atoms with van der Waals surface area (Å²) in [6.07, 6.45) is 1.48. The van der Waals surface area contributed by atoms with E-state index in [2.05, 4.69) is 49.8 Å². The van der Waals surface area contributed by atoms with Gasteiger partial charge in [-0.25, -0.2) is 4.98 Å². The Morgan fingerprint density at radius 1 is 1.40 bits per heavy atom. The lowest BCUT2D eigenvalue weighted by Gasteiger charge is -2.05. The van der Waals surface area contributed by atoms with Crippen molar-refractivity contribution in [2.75, 3.05) is 0 Å². The molecule has 2 rings (SSSR count). The molecule has 1 heterocycles. The van der Waals surface area contributed by atoms with E-state index in [0.29, 0.717) is 5.33 Å². The molecule has 2 nitrogen and oxygen atoms in total. The summed E-state index contributed by atoms with van der Waals surface area (Å²) in [5, 5.41) is 0.694. The first-order chi connectivity index (χ1) is 7.24. The van der Waals surface area contributed by atoms with Crippen LogP contribution < -0.4 is 0 Å². The predicted molar refractivity (Wildman–Crippen MR) is 67.0 cm³/mol. The van der Waals surface area contributed by atoms with Gasteiger partial charge in [0.05, 0.1) is 5.69 Å². The molecule has 0 amide bonds. The van der Waals surface area contributed by atoms with Gasteiger partial charge >= 0.3 is 0 Å². The zero-order valence-corrected chi connectivity index (χ0v) is 11.3. The highest BCUT2D eigenvalue weighted by Crippen LogP contribution is 2.33. The Kier molecular flexibility index (Phi) is 3.26. The largest absolute Gasteiger partial charge is 0.443 e. The SMILES string of the molecule is Cc1cccc(Br)c1-c1ocnc1CBr. The summed E-state index contributed by atoms with van der Waals surface area (Å²) in [6.45, 7) is 2.06. The molecule has 0 bridgehead atoms. The number of benzene rings is 1. The summed E-state index contributed by atoms with van der Waals surface area (Å²) in [6, 6.07) is 6.07. The highest BCUT2D eigenvalue weighted by molar-refractivity contribution is 9.10. The number of nitrogens with zero attached hydrogens (tertiary/aromatic N) is 1. The van der Waals surface area contributed by atoms with Crippen LogP contribution in [0.3, 0.4) is 0 Å². The van der Waals surface area contributed by atoms with Gasteiger partial charge in [0.25, 0.3) is 0 Å². The van der Waals surface area contributed by atoms with E-state index in [1.54, 1.807) is 0 Å². The lowest BCUT2D eigenvalue weighted by molar-refractivity contribution is 0.570. The Morgan fingerprint density at radius 2 is 2.20 bits per heavy atom. The number of hydrogen-bond donors (Lipinski definition) is 0. The molecular weight excluding hydrogens is 322 g/mol. The standard InChI is InChI=1S/C11H9Br2NO/c1-7-3-2-4-8(13)10(7)11-9(5-12)14-6-15-11/h2-4,6H,5H2,1H3. The first-order valence-corrected chi connectivity index (χ1v) is 6.39. The fourth-order valence-corrected chi connectivity index (χ4v) is 2.53. The average Bonchev–Trinajstić information content (AvgIpc) is 2.65. The van der Waals surface area contributed by atoms with Gasteiger partial charge in [-0.05, 0) is 18.6 Å². The van der Waals surface area contributed by atoms with Crippen molar-refractivity contribution in [2.24, 2.45) is 0 Å². The van der Waals surface area contributed by atoms with Crippen LogP contribution in [0.15, 0.2) is 33.5 Å². The van der Waals surface area contributed by atoms with Crippen LogP contribution in [0.2, 0.25) is 0 Å². The molecule has 0 unspecified atom stereocenters. The topological polar surface area (TPSA) is 26.0 Å². The van der Waals surface area contributed by atoms with E-state index >= 15 is 0 Å². The van der Waals surface area contributed by atoms with E-state index < -0.39 is 0 Å². The number of hydrogen-bond acceptors (Lipinski definition) is 2. The van der Waals surface area contributed by atoms with Gasteiger partial charge in [-0.15, -0.1) is 0 Å². The fraction of sp³-hybridized carbons (Fsp3) is 0.182. The molecule has 0 saturated heterocycles. The molecule has 78 valence electrons. The van der Waals surface area contributed by atoms with Crippen molar-refractivity contribution in [1.29, 1.82) is 0 Å². The highest BCUT2D eigenvalue weighted by atomic mass is 79.9. The first kappa shape index (κ1) is 10.9. The number of aromatic nitrogens is 1. The summed E-state index contributed by atoms with van der Waals surface area (Å²) in [7, 11) is 0. The average molecular weight is 331 g/mol. The normalized spacial score (nSPS) is 10.6. The second-order valence-electron chi connectivity index (χ2n) is 3.19. The Labute approximate surface area is 105 Å². The van der Waals surface area contributed by atoms with E-state index in [-0.39, 0.29) is 0 Å². The first-order valence-electron chi connectivity index (χ1n) is 4.48. The summed E-state index contributed by atoms with van der Waals surface area (Å²) < 4.78 is 6.46. The van der Waals surface area contributed by atoms with Crippen LogP contribution in [0.25, 0.3) is 11.3 Å². The fourth-order valence-electron chi connectivity index (χ4n) is 1.49. The smallest absolute Gasteiger partial charge is 0.181 e. The summed E-state index contributed by atoms with van der Waals surface area (Å²) >= 11 is 6.92. The molecule has 0 aliphatic heterocycles. The van der Waals surface area contributed by atoms with Crippen LogP contribution in [0, 0.1) is 6.92 Å². The summed E-state index contributed by atoms with van der Waals surface area (Å²) in [5.41, 5.74) is 3.16. The lowest BCUT2D eigenvalue weighted by atomic mass is 10.1. The van der Waals surface area contributed by atoms with Gasteiger partial charge in [0, 0.05) is 15.4 Å². The van der Waals surface area contributed by atoms with Gasteiger partial charge in [-0.2, -0.15) is 0 Å². The summed E-state index contributed by atoms with van der Waals surface area (Å²) in [5.74, 6) is 0.830. The van der Waals surface area contributed by atoms with Crippen molar-refractivity contribution in [1.82, 2.24) is 4.98 Å². The predicted octanol–water partition coefficient (Wildman–Crippen LogP) is 4.31. The molecular formula is C11H9Br2NO. The van der Waals surface area contributed by atoms with E-state index in [1.165, 1.54) is 12.0 Å². The van der Waals surface area contributed by atoms with Crippen molar-refractivity contribution in [3.63, 3.8) is 0 Å². The van der Waals surface area contributed by atoms with Gasteiger partial charge in [0.2, 0.25) is 0 Å². The van der Waals surface area contributed by atoms with E-state index in [4.69, 9.17) is 4.42 Å². The maximum absolute atomic E-state index is 5.43. The number of rotatable bonds is 2. The maximum atomic E-state index is 5.43. The third kappa shape index (κ3) is 2.01. The molecule has 1 aromatic carbocycles. The van der Waals surface area contributed by atoms with Crippen molar-refractivity contribution in [3.8, 4) is 11.3 Å². The van der Waals surface area contributed by atoms with Crippen LogP contribution in [0.1, 0.15) is 11.3 Å².